The van der Waals surface area contributed by atoms with Gasteiger partial charge in [0.25, 0.3) is 0 Å². The summed E-state index contributed by atoms with van der Waals surface area (Å²) in [6.45, 7) is 6.74. The minimum atomic E-state index is -4.17. The van der Waals surface area contributed by atoms with Crippen molar-refractivity contribution in [2.75, 3.05) is 26.3 Å². The van der Waals surface area contributed by atoms with Crippen molar-refractivity contribution in [3.8, 4) is 0 Å². The normalized spacial score (nSPS) is 16.7. The molecule has 1 fully saturated rings. The van der Waals surface area contributed by atoms with Gasteiger partial charge in [0.15, 0.2) is 0 Å². The van der Waals surface area contributed by atoms with E-state index < -0.39 is 10.4 Å². The maximum absolute atomic E-state index is 9.56. The van der Waals surface area contributed by atoms with Gasteiger partial charge in [-0.1, -0.05) is 110 Å². The first kappa shape index (κ1) is 30.8. The van der Waals surface area contributed by atoms with Gasteiger partial charge >= 0.3 is 10.4 Å². The fourth-order valence-corrected chi connectivity index (χ4v) is 4.17. The molecule has 1 saturated heterocycles. The van der Waals surface area contributed by atoms with E-state index in [0.717, 1.165) is 19.7 Å². The molecule has 0 saturated carbocycles. The minimum absolute atomic E-state index is 0.0289. The summed E-state index contributed by atoms with van der Waals surface area (Å²) < 4.78 is 36.4. The molecule has 0 amide bonds. The second-order valence-electron chi connectivity index (χ2n) is 8.62. The third-order valence-electron chi connectivity index (χ3n) is 5.65. The fraction of sp³-hybridized carbons (Fsp3) is 1.00. The summed E-state index contributed by atoms with van der Waals surface area (Å²) in [7, 11) is -4.17. The molecule has 1 rings (SSSR count). The highest BCUT2D eigenvalue weighted by Gasteiger charge is 2.11. The second-order valence-corrected chi connectivity index (χ2v) is 9.71. The Kier molecular flexibility index (Phi) is 22.8. The molecular formula is C24H51NO5S. The first-order chi connectivity index (χ1) is 15.0. The van der Waals surface area contributed by atoms with Crippen molar-refractivity contribution in [2.24, 2.45) is 0 Å². The van der Waals surface area contributed by atoms with E-state index in [1.54, 1.807) is 0 Å². The molecule has 0 radical (unpaired) electrons. The van der Waals surface area contributed by atoms with Crippen molar-refractivity contribution in [3.05, 3.63) is 0 Å². The lowest BCUT2D eigenvalue weighted by molar-refractivity contribution is 0.0220. The number of hydrogen-bond donors (Lipinski definition) is 2. The Morgan fingerprint density at radius 3 is 1.58 bits per heavy atom. The molecule has 7 heteroatoms. The lowest BCUT2D eigenvalue weighted by Gasteiger charge is -2.23. The second kappa shape index (κ2) is 23.0. The summed E-state index contributed by atoms with van der Waals surface area (Å²) in [4.78, 5) is 0. The zero-order valence-electron chi connectivity index (χ0n) is 20.4. The van der Waals surface area contributed by atoms with E-state index in [-0.39, 0.29) is 6.61 Å². The first-order valence-electron chi connectivity index (χ1n) is 12.9. The maximum Gasteiger partial charge on any atom is 0.397 e. The number of ether oxygens (including phenoxy) is 1. The molecule has 1 aliphatic rings. The summed E-state index contributed by atoms with van der Waals surface area (Å²) in [5.41, 5.74) is 0. The zero-order chi connectivity index (χ0) is 23.0. The van der Waals surface area contributed by atoms with Crippen LogP contribution in [0.4, 0.5) is 0 Å². The Morgan fingerprint density at radius 2 is 1.26 bits per heavy atom. The van der Waals surface area contributed by atoms with Gasteiger partial charge in [0.05, 0.1) is 19.3 Å². The molecule has 0 spiro atoms. The van der Waals surface area contributed by atoms with E-state index in [9.17, 15) is 8.42 Å². The van der Waals surface area contributed by atoms with Gasteiger partial charge in [-0.25, -0.2) is 4.18 Å². The molecule has 0 aromatic heterocycles. The van der Waals surface area contributed by atoms with Gasteiger partial charge in [-0.05, 0) is 13.3 Å². The first-order valence-corrected chi connectivity index (χ1v) is 14.3. The predicted molar refractivity (Wildman–Crippen MR) is 130 cm³/mol. The number of morpholine rings is 1. The lowest BCUT2D eigenvalue weighted by Crippen LogP contribution is -2.38. The Labute approximate surface area is 193 Å². The van der Waals surface area contributed by atoms with Crippen LogP contribution >= 0.6 is 0 Å². The average Bonchev–Trinajstić information content (AvgIpc) is 2.74. The summed E-state index contributed by atoms with van der Waals surface area (Å²) in [6.07, 6.45) is 24.9. The highest BCUT2D eigenvalue weighted by Crippen LogP contribution is 2.15. The number of rotatable bonds is 19. The fourth-order valence-electron chi connectivity index (χ4n) is 3.87. The molecule has 0 aliphatic carbocycles. The monoisotopic (exact) mass is 465 g/mol. The van der Waals surface area contributed by atoms with E-state index in [0.29, 0.717) is 6.10 Å². The standard InChI is InChI=1S/C22H45NO.C2H6O4S/c1-2-3-4-5-6-7-8-9-10-11-12-13-14-15-16-17-18-22-21-23-19-20-24-22;1-2-6-7(3,4)5/h22-23H,2-21H2,1H3;2H2,1H3,(H,3,4,5). The van der Waals surface area contributed by atoms with Crippen molar-refractivity contribution >= 4 is 10.4 Å². The molecule has 188 valence electrons. The van der Waals surface area contributed by atoms with Crippen LogP contribution in [0.3, 0.4) is 0 Å². The highest BCUT2D eigenvalue weighted by atomic mass is 32.3. The van der Waals surface area contributed by atoms with Crippen LogP contribution in [0.1, 0.15) is 123 Å². The quantitative estimate of drug-likeness (QED) is 0.168. The van der Waals surface area contributed by atoms with E-state index in [1.807, 2.05) is 0 Å². The van der Waals surface area contributed by atoms with Gasteiger partial charge in [0.2, 0.25) is 0 Å². The number of nitrogens with one attached hydrogen (secondary N) is 1. The third-order valence-corrected chi connectivity index (χ3v) is 6.18. The van der Waals surface area contributed by atoms with Gasteiger partial charge in [-0.3, -0.25) is 4.55 Å². The van der Waals surface area contributed by atoms with Crippen LogP contribution in [0.15, 0.2) is 0 Å². The van der Waals surface area contributed by atoms with Crippen molar-refractivity contribution in [1.29, 1.82) is 0 Å². The molecule has 1 unspecified atom stereocenters. The van der Waals surface area contributed by atoms with Crippen molar-refractivity contribution in [3.63, 3.8) is 0 Å². The molecule has 6 nitrogen and oxygen atoms in total. The van der Waals surface area contributed by atoms with Crippen LogP contribution in [-0.4, -0.2) is 45.4 Å². The molecule has 0 bridgehead atoms. The topological polar surface area (TPSA) is 84.9 Å². The maximum atomic E-state index is 9.56. The summed E-state index contributed by atoms with van der Waals surface area (Å²) in [6, 6.07) is 0. The van der Waals surface area contributed by atoms with Crippen LogP contribution < -0.4 is 5.32 Å². The zero-order valence-corrected chi connectivity index (χ0v) is 21.2. The van der Waals surface area contributed by atoms with E-state index in [4.69, 9.17) is 9.29 Å². The van der Waals surface area contributed by atoms with Crippen molar-refractivity contribution < 1.29 is 21.9 Å². The van der Waals surface area contributed by atoms with Gasteiger partial charge in [-0.2, -0.15) is 8.42 Å². The summed E-state index contributed by atoms with van der Waals surface area (Å²) in [5.74, 6) is 0. The van der Waals surface area contributed by atoms with Crippen LogP contribution in [0.25, 0.3) is 0 Å². The Morgan fingerprint density at radius 1 is 0.806 bits per heavy atom. The van der Waals surface area contributed by atoms with Crippen LogP contribution in [0.5, 0.6) is 0 Å². The SMILES string of the molecule is CCCCCCCCCCCCCCCCCCC1CNCCO1.CCOS(=O)(=O)O. The number of hydrogen-bond acceptors (Lipinski definition) is 5. The van der Waals surface area contributed by atoms with Gasteiger partial charge in [0.1, 0.15) is 0 Å². The Hall–Kier alpha value is -0.210. The smallest absolute Gasteiger partial charge is 0.376 e. The van der Waals surface area contributed by atoms with E-state index >= 15 is 0 Å². The lowest BCUT2D eigenvalue weighted by atomic mass is 10.0. The van der Waals surface area contributed by atoms with Crippen LogP contribution in [0.2, 0.25) is 0 Å². The van der Waals surface area contributed by atoms with Crippen molar-refractivity contribution in [2.45, 2.75) is 129 Å². The van der Waals surface area contributed by atoms with Crippen LogP contribution in [0, 0.1) is 0 Å². The predicted octanol–water partition coefficient (Wildman–Crippen LogP) is 6.45. The van der Waals surface area contributed by atoms with Gasteiger partial charge in [-0.15, -0.1) is 0 Å². The molecule has 1 aliphatic heterocycles. The van der Waals surface area contributed by atoms with Gasteiger partial charge < -0.3 is 10.1 Å². The van der Waals surface area contributed by atoms with Crippen molar-refractivity contribution in [1.82, 2.24) is 5.32 Å². The Bertz CT molecular complexity index is 453. The molecule has 31 heavy (non-hydrogen) atoms. The van der Waals surface area contributed by atoms with Crippen LogP contribution in [-0.2, 0) is 19.3 Å². The molecule has 0 aromatic carbocycles. The highest BCUT2D eigenvalue weighted by molar-refractivity contribution is 7.80. The van der Waals surface area contributed by atoms with E-state index in [1.165, 1.54) is 116 Å². The minimum Gasteiger partial charge on any atom is -0.376 e. The third kappa shape index (κ3) is 25.9. The Balaban J connectivity index is 0.00000110. The summed E-state index contributed by atoms with van der Waals surface area (Å²) in [5, 5.41) is 3.41. The molecule has 1 heterocycles. The van der Waals surface area contributed by atoms with E-state index in [2.05, 4.69) is 16.4 Å². The molecule has 1 atom stereocenters. The molecule has 0 aromatic rings. The molecule has 2 N–H and O–H groups in total. The molecular weight excluding hydrogens is 414 g/mol. The average molecular weight is 466 g/mol. The number of unbranched alkanes of at least 4 members (excludes halogenated alkanes) is 15. The largest absolute Gasteiger partial charge is 0.397 e. The van der Waals surface area contributed by atoms with Gasteiger partial charge in [0, 0.05) is 13.1 Å². The summed E-state index contributed by atoms with van der Waals surface area (Å²) >= 11 is 0.